The molecule has 0 atom stereocenters. The fourth-order valence-corrected chi connectivity index (χ4v) is 11.5. The molecule has 5 aromatic rings. The topological polar surface area (TPSA) is 74.6 Å². The summed E-state index contributed by atoms with van der Waals surface area (Å²) in [4.78, 5) is 12.8. The third-order valence-corrected chi connectivity index (χ3v) is 14.1. The quantitative estimate of drug-likeness (QED) is 0.172. The number of carbonyl (C=O) groups excluding carboxylic acids is 1. The molecule has 0 saturated heterocycles. The number of fused-ring (bicyclic) bond motifs is 1. The number of esters is 1. The summed E-state index contributed by atoms with van der Waals surface area (Å²) in [6, 6.07) is 35.8. The Bertz CT molecular complexity index is 1740. The standard InChI is InChI=1S/C33H33NO5SSi/c1-33(2,3)41(28-16-10-6-11-17-28,29-18-12-7-13-19-29)39-24-25-20-21-26-23-31(32(35)38-4)34(30(26)22-25)40(36,37)27-14-8-5-9-15-27/h5-23H,24H2,1-4H3. The minimum atomic E-state index is -4.09. The molecule has 0 N–H and O–H groups in total. The Morgan fingerprint density at radius 3 is 1.83 bits per heavy atom. The third kappa shape index (κ3) is 5.14. The molecule has 0 radical (unpaired) electrons. The van der Waals surface area contributed by atoms with Gasteiger partial charge in [0, 0.05) is 5.39 Å². The van der Waals surface area contributed by atoms with Gasteiger partial charge in [0.05, 0.1) is 24.1 Å². The van der Waals surface area contributed by atoms with Gasteiger partial charge in [0.25, 0.3) is 18.3 Å². The van der Waals surface area contributed by atoms with E-state index >= 15 is 0 Å². The molecule has 0 aliphatic rings. The first-order valence-electron chi connectivity index (χ1n) is 13.4. The van der Waals surface area contributed by atoms with Crippen LogP contribution in [0.1, 0.15) is 36.8 Å². The van der Waals surface area contributed by atoms with E-state index in [0.29, 0.717) is 10.9 Å². The van der Waals surface area contributed by atoms with Gasteiger partial charge in [-0.05, 0) is 45.2 Å². The molecular weight excluding hydrogens is 551 g/mol. The van der Waals surface area contributed by atoms with E-state index in [1.807, 2.05) is 48.5 Å². The normalized spacial score (nSPS) is 12.4. The number of hydrogen-bond acceptors (Lipinski definition) is 5. The van der Waals surface area contributed by atoms with E-state index in [-0.39, 0.29) is 22.2 Å². The first-order chi connectivity index (χ1) is 19.6. The predicted octanol–water partition coefficient (Wildman–Crippen LogP) is 5.74. The molecule has 0 fully saturated rings. The molecule has 0 bridgehead atoms. The van der Waals surface area contributed by atoms with Gasteiger partial charge in [0.2, 0.25) is 0 Å². The molecule has 1 aromatic heterocycles. The summed E-state index contributed by atoms with van der Waals surface area (Å²) in [5.41, 5.74) is 1.12. The van der Waals surface area contributed by atoms with Gasteiger partial charge < -0.3 is 9.16 Å². The summed E-state index contributed by atoms with van der Waals surface area (Å²) >= 11 is 0. The van der Waals surface area contributed by atoms with Crippen molar-refractivity contribution in [1.82, 2.24) is 3.97 Å². The van der Waals surface area contributed by atoms with Crippen LogP contribution in [0.5, 0.6) is 0 Å². The van der Waals surface area contributed by atoms with Crippen molar-refractivity contribution in [1.29, 1.82) is 0 Å². The zero-order valence-corrected chi connectivity index (χ0v) is 25.4. The maximum absolute atomic E-state index is 13.8. The molecule has 210 valence electrons. The van der Waals surface area contributed by atoms with Crippen molar-refractivity contribution in [2.24, 2.45) is 0 Å². The number of ether oxygens (including phenoxy) is 1. The van der Waals surface area contributed by atoms with Crippen LogP contribution in [0.4, 0.5) is 0 Å². The summed E-state index contributed by atoms with van der Waals surface area (Å²) in [7, 11) is -5.68. The molecule has 1 heterocycles. The molecule has 0 aliphatic carbocycles. The van der Waals surface area contributed by atoms with Crippen LogP contribution in [-0.2, 0) is 25.8 Å². The fourth-order valence-electron chi connectivity index (χ4n) is 5.47. The maximum atomic E-state index is 13.8. The van der Waals surface area contributed by atoms with Gasteiger partial charge in [-0.2, -0.15) is 0 Å². The Balaban J connectivity index is 1.64. The highest BCUT2D eigenvalue weighted by molar-refractivity contribution is 7.90. The number of rotatable bonds is 8. The Kier molecular flexibility index (Phi) is 7.74. The van der Waals surface area contributed by atoms with E-state index in [2.05, 4.69) is 45.0 Å². The van der Waals surface area contributed by atoms with E-state index in [9.17, 15) is 13.2 Å². The second-order valence-electron chi connectivity index (χ2n) is 10.9. The first kappa shape index (κ1) is 28.5. The first-order valence-corrected chi connectivity index (χ1v) is 16.7. The van der Waals surface area contributed by atoms with E-state index in [4.69, 9.17) is 9.16 Å². The second-order valence-corrected chi connectivity index (χ2v) is 17.0. The minimum Gasteiger partial charge on any atom is -0.464 e. The van der Waals surface area contributed by atoms with E-state index < -0.39 is 24.3 Å². The fraction of sp³-hybridized carbons (Fsp3) is 0.182. The van der Waals surface area contributed by atoms with Crippen molar-refractivity contribution in [3.8, 4) is 0 Å². The molecule has 0 saturated carbocycles. The van der Waals surface area contributed by atoms with Crippen LogP contribution in [-0.4, -0.2) is 33.8 Å². The Labute approximate surface area is 242 Å². The van der Waals surface area contributed by atoms with Gasteiger partial charge in [0.1, 0.15) is 5.69 Å². The summed E-state index contributed by atoms with van der Waals surface area (Å²) in [5, 5.41) is 2.71. The highest BCUT2D eigenvalue weighted by atomic mass is 32.2. The number of nitrogens with zero attached hydrogens (tertiary/aromatic N) is 1. The third-order valence-electron chi connectivity index (χ3n) is 7.37. The van der Waals surface area contributed by atoms with Gasteiger partial charge in [-0.15, -0.1) is 0 Å². The second kappa shape index (κ2) is 11.1. The number of benzene rings is 4. The van der Waals surface area contributed by atoms with Crippen molar-refractivity contribution < 1.29 is 22.4 Å². The number of methoxy groups -OCH3 is 1. The molecule has 0 aliphatic heterocycles. The van der Waals surface area contributed by atoms with Crippen molar-refractivity contribution in [2.75, 3.05) is 7.11 Å². The zero-order valence-electron chi connectivity index (χ0n) is 23.6. The van der Waals surface area contributed by atoms with Gasteiger partial charge in [-0.25, -0.2) is 17.2 Å². The lowest BCUT2D eigenvalue weighted by Crippen LogP contribution is -2.66. The SMILES string of the molecule is COC(=O)c1cc2ccc(CO[Si](c3ccccc3)(c3ccccc3)C(C)(C)C)cc2n1S(=O)(=O)c1ccccc1. The summed E-state index contributed by atoms with van der Waals surface area (Å²) in [5.74, 6) is -0.731. The summed E-state index contributed by atoms with van der Waals surface area (Å²) < 4.78 is 40.7. The van der Waals surface area contributed by atoms with Crippen LogP contribution < -0.4 is 10.4 Å². The average Bonchev–Trinajstić information content (AvgIpc) is 3.38. The number of aromatic nitrogens is 1. The molecule has 0 amide bonds. The van der Waals surface area contributed by atoms with Crippen molar-refractivity contribution in [2.45, 2.75) is 37.3 Å². The number of hydrogen-bond donors (Lipinski definition) is 0. The van der Waals surface area contributed by atoms with Crippen molar-refractivity contribution in [3.05, 3.63) is 127 Å². The van der Waals surface area contributed by atoms with Gasteiger partial charge in [0.15, 0.2) is 0 Å². The maximum Gasteiger partial charge on any atom is 0.355 e. The van der Waals surface area contributed by atoms with Crippen LogP contribution in [0.2, 0.25) is 5.04 Å². The van der Waals surface area contributed by atoms with E-state index in [1.165, 1.54) is 19.2 Å². The van der Waals surface area contributed by atoms with Gasteiger partial charge in [-0.3, -0.25) is 0 Å². The largest absolute Gasteiger partial charge is 0.464 e. The Morgan fingerprint density at radius 2 is 1.32 bits per heavy atom. The molecule has 6 nitrogen and oxygen atoms in total. The van der Waals surface area contributed by atoms with Crippen LogP contribution in [0.25, 0.3) is 10.9 Å². The highest BCUT2D eigenvalue weighted by Gasteiger charge is 2.50. The smallest absolute Gasteiger partial charge is 0.355 e. The summed E-state index contributed by atoms with van der Waals surface area (Å²) in [6.45, 7) is 6.89. The van der Waals surface area contributed by atoms with Crippen LogP contribution >= 0.6 is 0 Å². The lowest BCUT2D eigenvalue weighted by atomic mass is 10.2. The predicted molar refractivity (Wildman–Crippen MR) is 165 cm³/mol. The molecule has 0 unspecified atom stereocenters. The summed E-state index contributed by atoms with van der Waals surface area (Å²) in [6.07, 6.45) is 0. The lowest BCUT2D eigenvalue weighted by Gasteiger charge is -2.43. The monoisotopic (exact) mass is 583 g/mol. The molecule has 8 heteroatoms. The average molecular weight is 584 g/mol. The van der Waals surface area contributed by atoms with Crippen LogP contribution in [0.3, 0.4) is 0 Å². The van der Waals surface area contributed by atoms with Crippen LogP contribution in [0, 0.1) is 0 Å². The zero-order chi connectivity index (χ0) is 29.3. The van der Waals surface area contributed by atoms with Crippen LogP contribution in [0.15, 0.2) is 120 Å². The molecule has 41 heavy (non-hydrogen) atoms. The Morgan fingerprint density at radius 1 is 0.780 bits per heavy atom. The minimum absolute atomic E-state index is 0.0589. The highest BCUT2D eigenvalue weighted by Crippen LogP contribution is 2.37. The van der Waals surface area contributed by atoms with Gasteiger partial charge in [-0.1, -0.05) is 112 Å². The van der Waals surface area contributed by atoms with Crippen molar-refractivity contribution >= 4 is 45.6 Å². The molecule has 4 aromatic carbocycles. The van der Waals surface area contributed by atoms with E-state index in [0.717, 1.165) is 19.9 Å². The van der Waals surface area contributed by atoms with E-state index in [1.54, 1.807) is 30.3 Å². The van der Waals surface area contributed by atoms with Crippen molar-refractivity contribution in [3.63, 3.8) is 0 Å². The van der Waals surface area contributed by atoms with Gasteiger partial charge >= 0.3 is 5.97 Å². The Hall–Kier alpha value is -3.98. The number of carbonyl (C=O) groups is 1. The lowest BCUT2D eigenvalue weighted by molar-refractivity contribution is 0.0593. The molecular formula is C33H33NO5SSi. The molecule has 0 spiro atoms. The molecule has 5 rings (SSSR count).